The number of halogens is 1. The predicted octanol–water partition coefficient (Wildman–Crippen LogP) is 2.46. The molecule has 2 aromatic rings. The average Bonchev–Trinajstić information content (AvgIpc) is 2.95. The van der Waals surface area contributed by atoms with E-state index < -0.39 is 10.1 Å². The summed E-state index contributed by atoms with van der Waals surface area (Å²) < 4.78 is 28.8. The normalized spacial score (nSPS) is 17.4. The van der Waals surface area contributed by atoms with Gasteiger partial charge in [0.05, 0.1) is 18.9 Å². The molecule has 1 atom stereocenters. The van der Waals surface area contributed by atoms with Crippen LogP contribution >= 0.6 is 11.6 Å². The minimum atomic E-state index is -3.47. The Kier molecular flexibility index (Phi) is 4.67. The van der Waals surface area contributed by atoms with Gasteiger partial charge in [0.1, 0.15) is 5.69 Å². The molecule has 2 heterocycles. The Labute approximate surface area is 145 Å². The molecule has 1 aromatic carbocycles. The lowest BCUT2D eigenvalue weighted by Gasteiger charge is -2.26. The Morgan fingerprint density at radius 3 is 2.83 bits per heavy atom. The molecule has 1 N–H and O–H groups in total. The summed E-state index contributed by atoms with van der Waals surface area (Å²) in [6.07, 6.45) is 3.39. The Morgan fingerprint density at radius 1 is 1.33 bits per heavy atom. The van der Waals surface area contributed by atoms with Gasteiger partial charge in [-0.05, 0) is 30.2 Å². The Bertz CT molecular complexity index is 876. The lowest BCUT2D eigenvalue weighted by atomic mass is 10.1. The number of fused-ring (bicyclic) bond motifs is 1. The van der Waals surface area contributed by atoms with E-state index in [0.717, 1.165) is 17.4 Å². The highest BCUT2D eigenvalue weighted by Crippen LogP contribution is 2.29. The topological polar surface area (TPSA) is 77.4 Å². The summed E-state index contributed by atoms with van der Waals surface area (Å²) in [4.78, 5) is 12.1. The maximum Gasteiger partial charge on any atom is 0.268 e. The molecule has 0 bridgehead atoms. The number of benzene rings is 1. The number of carbonyl (C=O) groups excluding carboxylic acids is 1. The third-order valence-electron chi connectivity index (χ3n) is 3.88. The van der Waals surface area contributed by atoms with Crippen LogP contribution in [0.1, 0.15) is 23.0 Å². The fourth-order valence-electron chi connectivity index (χ4n) is 2.77. The van der Waals surface area contributed by atoms with E-state index in [1.165, 1.54) is 0 Å². The second-order valence-corrected chi connectivity index (χ2v) is 7.79. The van der Waals surface area contributed by atoms with Crippen LogP contribution in [0, 0.1) is 0 Å². The maximum atomic E-state index is 12.1. The maximum absolute atomic E-state index is 12.1. The number of carbonyl (C=O) groups is 1. The second-order valence-electron chi connectivity index (χ2n) is 5.71. The fraction of sp³-hybridized carbons (Fsp3) is 0.312. The molecule has 8 heteroatoms. The standard InChI is InChI=1S/C16H17ClN2O4S/c1-24(21,22)23-6-5-14-9-18-16(20)15-8-12(10-19(14)15)11-3-2-4-13(17)7-11/h2-4,7-8,10,14H,5-6,9H2,1H3,(H,18,20). The third-order valence-corrected chi connectivity index (χ3v) is 4.71. The smallest absolute Gasteiger partial charge is 0.268 e. The lowest BCUT2D eigenvalue weighted by molar-refractivity contribution is 0.0909. The molecule has 1 unspecified atom stereocenters. The van der Waals surface area contributed by atoms with Gasteiger partial charge in [-0.1, -0.05) is 23.7 Å². The van der Waals surface area contributed by atoms with E-state index in [1.54, 1.807) is 6.07 Å². The number of aromatic nitrogens is 1. The second kappa shape index (κ2) is 6.58. The van der Waals surface area contributed by atoms with Gasteiger partial charge in [-0.25, -0.2) is 0 Å². The van der Waals surface area contributed by atoms with Crippen LogP contribution in [0.25, 0.3) is 11.1 Å². The summed E-state index contributed by atoms with van der Waals surface area (Å²) in [7, 11) is -3.47. The third kappa shape index (κ3) is 3.80. The molecule has 3 rings (SSSR count). The Balaban J connectivity index is 1.86. The molecule has 0 fully saturated rings. The van der Waals surface area contributed by atoms with Crippen LogP contribution in [0.15, 0.2) is 36.5 Å². The number of hydrogen-bond acceptors (Lipinski definition) is 4. The van der Waals surface area contributed by atoms with Gasteiger partial charge in [-0.15, -0.1) is 0 Å². The zero-order valence-electron chi connectivity index (χ0n) is 13.0. The average molecular weight is 369 g/mol. The van der Waals surface area contributed by atoms with Crippen LogP contribution in [0.4, 0.5) is 0 Å². The minimum Gasteiger partial charge on any atom is -0.349 e. The van der Waals surface area contributed by atoms with Gasteiger partial charge in [-0.2, -0.15) is 8.42 Å². The highest BCUT2D eigenvalue weighted by molar-refractivity contribution is 7.85. The molecular weight excluding hydrogens is 352 g/mol. The molecule has 6 nitrogen and oxygen atoms in total. The summed E-state index contributed by atoms with van der Waals surface area (Å²) in [5.41, 5.74) is 2.35. The van der Waals surface area contributed by atoms with Crippen molar-refractivity contribution in [1.82, 2.24) is 9.88 Å². The van der Waals surface area contributed by atoms with Crippen molar-refractivity contribution in [1.29, 1.82) is 0 Å². The first-order valence-electron chi connectivity index (χ1n) is 7.44. The zero-order valence-corrected chi connectivity index (χ0v) is 14.6. The van der Waals surface area contributed by atoms with E-state index in [1.807, 2.05) is 35.0 Å². The first kappa shape index (κ1) is 17.0. The highest BCUT2D eigenvalue weighted by atomic mass is 35.5. The van der Waals surface area contributed by atoms with E-state index in [-0.39, 0.29) is 18.6 Å². The molecule has 1 aromatic heterocycles. The van der Waals surface area contributed by atoms with Crippen molar-refractivity contribution in [3.8, 4) is 11.1 Å². The molecule has 1 amide bonds. The summed E-state index contributed by atoms with van der Waals surface area (Å²) in [6.45, 7) is 0.506. The van der Waals surface area contributed by atoms with E-state index in [9.17, 15) is 13.2 Å². The van der Waals surface area contributed by atoms with Gasteiger partial charge < -0.3 is 9.88 Å². The summed E-state index contributed by atoms with van der Waals surface area (Å²) >= 11 is 6.03. The van der Waals surface area contributed by atoms with E-state index in [0.29, 0.717) is 23.7 Å². The van der Waals surface area contributed by atoms with Crippen LogP contribution in [0.5, 0.6) is 0 Å². The van der Waals surface area contributed by atoms with Crippen molar-refractivity contribution in [2.45, 2.75) is 12.5 Å². The van der Waals surface area contributed by atoms with E-state index >= 15 is 0 Å². The number of hydrogen-bond donors (Lipinski definition) is 1. The van der Waals surface area contributed by atoms with Gasteiger partial charge in [0, 0.05) is 23.3 Å². The minimum absolute atomic E-state index is 0.0626. The van der Waals surface area contributed by atoms with Crippen molar-refractivity contribution >= 4 is 27.6 Å². The van der Waals surface area contributed by atoms with E-state index in [4.69, 9.17) is 15.8 Å². The first-order chi connectivity index (χ1) is 11.3. The number of nitrogens with zero attached hydrogens (tertiary/aromatic N) is 1. The zero-order chi connectivity index (χ0) is 17.3. The SMILES string of the molecule is CS(=O)(=O)OCCC1CNC(=O)c2cc(-c3cccc(Cl)c3)cn21. The summed E-state index contributed by atoms with van der Waals surface area (Å²) in [5, 5.41) is 3.45. The van der Waals surface area contributed by atoms with Crippen LogP contribution < -0.4 is 5.32 Å². The number of rotatable bonds is 5. The highest BCUT2D eigenvalue weighted by Gasteiger charge is 2.26. The molecule has 1 aliphatic heterocycles. The molecule has 0 saturated carbocycles. The molecule has 1 aliphatic rings. The molecule has 0 aliphatic carbocycles. The van der Waals surface area contributed by atoms with Gasteiger partial charge in [0.25, 0.3) is 16.0 Å². The van der Waals surface area contributed by atoms with Gasteiger partial charge >= 0.3 is 0 Å². The van der Waals surface area contributed by atoms with Crippen LogP contribution in [0.3, 0.4) is 0 Å². The molecule has 0 spiro atoms. The summed E-state index contributed by atoms with van der Waals surface area (Å²) in [5.74, 6) is -0.149. The van der Waals surface area contributed by atoms with Crippen LogP contribution in [0.2, 0.25) is 5.02 Å². The summed E-state index contributed by atoms with van der Waals surface area (Å²) in [6, 6.07) is 9.15. The predicted molar refractivity (Wildman–Crippen MR) is 91.7 cm³/mol. The Hall–Kier alpha value is -1.83. The van der Waals surface area contributed by atoms with Crippen molar-refractivity contribution in [2.24, 2.45) is 0 Å². The molecule has 0 saturated heterocycles. The van der Waals surface area contributed by atoms with Gasteiger partial charge in [0.15, 0.2) is 0 Å². The molecule has 24 heavy (non-hydrogen) atoms. The largest absolute Gasteiger partial charge is 0.349 e. The number of nitrogens with one attached hydrogen (secondary N) is 1. The lowest BCUT2D eigenvalue weighted by Crippen LogP contribution is -2.38. The van der Waals surface area contributed by atoms with E-state index in [2.05, 4.69) is 5.32 Å². The first-order valence-corrected chi connectivity index (χ1v) is 9.63. The van der Waals surface area contributed by atoms with Crippen LogP contribution in [-0.2, 0) is 14.3 Å². The molecule has 128 valence electrons. The van der Waals surface area contributed by atoms with Crippen molar-refractivity contribution in [3.05, 3.63) is 47.2 Å². The van der Waals surface area contributed by atoms with Crippen LogP contribution in [-0.4, -0.2) is 38.3 Å². The van der Waals surface area contributed by atoms with Crippen molar-refractivity contribution in [2.75, 3.05) is 19.4 Å². The van der Waals surface area contributed by atoms with Gasteiger partial charge in [-0.3, -0.25) is 8.98 Å². The molecular formula is C16H17ClN2O4S. The van der Waals surface area contributed by atoms with Gasteiger partial charge in [0.2, 0.25) is 0 Å². The molecule has 0 radical (unpaired) electrons. The Morgan fingerprint density at radius 2 is 2.12 bits per heavy atom. The number of amides is 1. The fourth-order valence-corrected chi connectivity index (χ4v) is 3.35. The van der Waals surface area contributed by atoms with Crippen molar-refractivity contribution < 1.29 is 17.4 Å². The van der Waals surface area contributed by atoms with Crippen molar-refractivity contribution in [3.63, 3.8) is 0 Å². The quantitative estimate of drug-likeness (QED) is 0.822. The monoisotopic (exact) mass is 368 g/mol.